The summed E-state index contributed by atoms with van der Waals surface area (Å²) < 4.78 is 5.15. The largest absolute Gasteiger partial charge is 0.361 e. The van der Waals surface area contributed by atoms with Gasteiger partial charge in [-0.05, 0) is 57.9 Å². The molecular weight excluding hydrogens is 304 g/mol. The number of nitrogens with zero attached hydrogens (tertiary/aromatic N) is 2. The molecule has 0 saturated heterocycles. The molecule has 6 heteroatoms. The minimum atomic E-state index is 0.0984. The SMILES string of the molecule is Cc1noc(C)c1CCCNC(=O)CCc1n[nH]c2c1CCCC2. The van der Waals surface area contributed by atoms with Gasteiger partial charge in [-0.2, -0.15) is 5.10 Å². The summed E-state index contributed by atoms with van der Waals surface area (Å²) in [6.45, 7) is 4.56. The number of carbonyl (C=O) groups excluding carboxylic acids is 1. The van der Waals surface area contributed by atoms with E-state index < -0.39 is 0 Å². The van der Waals surface area contributed by atoms with Gasteiger partial charge in [-0.3, -0.25) is 9.89 Å². The summed E-state index contributed by atoms with van der Waals surface area (Å²) in [5, 5.41) is 14.5. The standard InChI is InChI=1S/C18H26N4O2/c1-12-14(13(2)24-22-12)7-5-11-19-18(23)10-9-17-15-6-3-4-8-16(15)20-21-17/h3-11H2,1-2H3,(H,19,23)(H,20,21). The average Bonchev–Trinajstić information content (AvgIpc) is 3.14. The molecule has 24 heavy (non-hydrogen) atoms. The van der Waals surface area contributed by atoms with Crippen molar-refractivity contribution in [2.75, 3.05) is 6.54 Å². The van der Waals surface area contributed by atoms with Gasteiger partial charge < -0.3 is 9.84 Å². The maximum absolute atomic E-state index is 12.0. The number of hydrogen-bond donors (Lipinski definition) is 2. The van der Waals surface area contributed by atoms with E-state index in [-0.39, 0.29) is 5.91 Å². The first-order valence-electron chi connectivity index (χ1n) is 8.88. The summed E-state index contributed by atoms with van der Waals surface area (Å²) in [5.74, 6) is 0.975. The first-order chi connectivity index (χ1) is 11.6. The Morgan fingerprint density at radius 1 is 1.25 bits per heavy atom. The molecule has 0 bridgehead atoms. The number of fused-ring (bicyclic) bond motifs is 1. The predicted octanol–water partition coefficient (Wildman–Crippen LogP) is 2.57. The first kappa shape index (κ1) is 16.7. The van der Waals surface area contributed by atoms with Crippen molar-refractivity contribution in [2.45, 2.75) is 65.2 Å². The number of carbonyl (C=O) groups is 1. The smallest absolute Gasteiger partial charge is 0.220 e. The Hall–Kier alpha value is -2.11. The Morgan fingerprint density at radius 3 is 2.88 bits per heavy atom. The van der Waals surface area contributed by atoms with Crippen molar-refractivity contribution in [2.24, 2.45) is 0 Å². The molecule has 1 amide bonds. The van der Waals surface area contributed by atoms with Crippen molar-refractivity contribution in [3.05, 3.63) is 34.0 Å². The van der Waals surface area contributed by atoms with Crippen LogP contribution in [0.25, 0.3) is 0 Å². The molecule has 0 radical (unpaired) electrons. The maximum atomic E-state index is 12.0. The Balaban J connectivity index is 1.38. The Labute approximate surface area is 142 Å². The van der Waals surface area contributed by atoms with Gasteiger partial charge in [-0.15, -0.1) is 0 Å². The molecule has 0 spiro atoms. The van der Waals surface area contributed by atoms with Crippen LogP contribution in [0.2, 0.25) is 0 Å². The van der Waals surface area contributed by atoms with Crippen LogP contribution in [0.4, 0.5) is 0 Å². The normalized spacial score (nSPS) is 13.8. The van der Waals surface area contributed by atoms with Crippen LogP contribution in [0.3, 0.4) is 0 Å². The van der Waals surface area contributed by atoms with Crippen LogP contribution in [0.5, 0.6) is 0 Å². The fourth-order valence-electron chi connectivity index (χ4n) is 3.43. The van der Waals surface area contributed by atoms with Gasteiger partial charge in [0.25, 0.3) is 0 Å². The lowest BCUT2D eigenvalue weighted by molar-refractivity contribution is -0.121. The van der Waals surface area contributed by atoms with Gasteiger partial charge in [0.05, 0.1) is 11.4 Å². The molecule has 2 aromatic heterocycles. The summed E-state index contributed by atoms with van der Waals surface area (Å²) in [5.41, 5.74) is 5.81. The van der Waals surface area contributed by atoms with Crippen molar-refractivity contribution in [3.8, 4) is 0 Å². The molecule has 0 unspecified atom stereocenters. The Kier molecular flexibility index (Phi) is 5.33. The highest BCUT2D eigenvalue weighted by atomic mass is 16.5. The third-order valence-electron chi connectivity index (χ3n) is 4.84. The molecule has 1 aliphatic rings. The fraction of sp³-hybridized carbons (Fsp3) is 0.611. The Bertz CT molecular complexity index is 682. The molecule has 0 aromatic carbocycles. The van der Waals surface area contributed by atoms with E-state index in [1.807, 2.05) is 13.8 Å². The van der Waals surface area contributed by atoms with Crippen LogP contribution in [0, 0.1) is 13.8 Å². The summed E-state index contributed by atoms with van der Waals surface area (Å²) in [4.78, 5) is 12.0. The second-order valence-corrected chi connectivity index (χ2v) is 6.59. The highest BCUT2D eigenvalue weighted by molar-refractivity contribution is 5.76. The second kappa shape index (κ2) is 7.64. The minimum absolute atomic E-state index is 0.0984. The van der Waals surface area contributed by atoms with Gasteiger partial charge in [0.1, 0.15) is 5.76 Å². The molecular formula is C18H26N4O2. The van der Waals surface area contributed by atoms with E-state index in [1.54, 1.807) is 0 Å². The quantitative estimate of drug-likeness (QED) is 0.764. The highest BCUT2D eigenvalue weighted by Gasteiger charge is 2.17. The van der Waals surface area contributed by atoms with Crippen LogP contribution in [0.1, 0.15) is 59.7 Å². The van der Waals surface area contributed by atoms with E-state index in [0.29, 0.717) is 13.0 Å². The van der Waals surface area contributed by atoms with Gasteiger partial charge in [-0.1, -0.05) is 5.16 Å². The topological polar surface area (TPSA) is 83.8 Å². The molecule has 2 heterocycles. The lowest BCUT2D eigenvalue weighted by Crippen LogP contribution is -2.25. The predicted molar refractivity (Wildman–Crippen MR) is 90.9 cm³/mol. The number of hydrogen-bond acceptors (Lipinski definition) is 4. The summed E-state index contributed by atoms with van der Waals surface area (Å²) in [6.07, 6.45) is 7.66. The molecule has 130 valence electrons. The minimum Gasteiger partial charge on any atom is -0.361 e. The molecule has 1 aliphatic carbocycles. The zero-order chi connectivity index (χ0) is 16.9. The van der Waals surface area contributed by atoms with Crippen LogP contribution in [-0.2, 0) is 30.5 Å². The summed E-state index contributed by atoms with van der Waals surface area (Å²) in [6, 6.07) is 0. The molecule has 0 aliphatic heterocycles. The third-order valence-corrected chi connectivity index (χ3v) is 4.84. The van der Waals surface area contributed by atoms with E-state index >= 15 is 0 Å². The number of aromatic nitrogens is 3. The molecule has 6 nitrogen and oxygen atoms in total. The first-order valence-corrected chi connectivity index (χ1v) is 8.88. The van der Waals surface area contributed by atoms with Gasteiger partial charge in [0, 0.05) is 30.6 Å². The van der Waals surface area contributed by atoms with Crippen molar-refractivity contribution in [1.29, 1.82) is 0 Å². The highest BCUT2D eigenvalue weighted by Crippen LogP contribution is 2.22. The molecule has 0 atom stereocenters. The van der Waals surface area contributed by atoms with E-state index in [4.69, 9.17) is 4.52 Å². The van der Waals surface area contributed by atoms with Crippen molar-refractivity contribution < 1.29 is 9.32 Å². The fourth-order valence-corrected chi connectivity index (χ4v) is 3.43. The number of amides is 1. The zero-order valence-electron chi connectivity index (χ0n) is 14.6. The molecule has 2 N–H and O–H groups in total. The van der Waals surface area contributed by atoms with Gasteiger partial charge in [-0.25, -0.2) is 0 Å². The molecule has 3 rings (SSSR count). The second-order valence-electron chi connectivity index (χ2n) is 6.59. The molecule has 0 fully saturated rings. The number of H-pyrrole nitrogens is 1. The third kappa shape index (κ3) is 3.86. The van der Waals surface area contributed by atoms with Gasteiger partial charge in [0.2, 0.25) is 5.91 Å². The summed E-state index contributed by atoms with van der Waals surface area (Å²) in [7, 11) is 0. The lowest BCUT2D eigenvalue weighted by atomic mass is 9.94. The average molecular weight is 330 g/mol. The van der Waals surface area contributed by atoms with Crippen LogP contribution >= 0.6 is 0 Å². The van der Waals surface area contributed by atoms with Crippen molar-refractivity contribution in [1.82, 2.24) is 20.7 Å². The number of aromatic amines is 1. The monoisotopic (exact) mass is 330 g/mol. The van der Waals surface area contributed by atoms with Crippen LogP contribution < -0.4 is 5.32 Å². The van der Waals surface area contributed by atoms with Crippen molar-refractivity contribution in [3.63, 3.8) is 0 Å². The van der Waals surface area contributed by atoms with E-state index in [1.165, 1.54) is 24.1 Å². The van der Waals surface area contributed by atoms with Gasteiger partial charge in [0.15, 0.2) is 0 Å². The maximum Gasteiger partial charge on any atom is 0.220 e. The van der Waals surface area contributed by atoms with E-state index in [2.05, 4.69) is 20.7 Å². The van der Waals surface area contributed by atoms with Crippen LogP contribution in [0.15, 0.2) is 4.52 Å². The van der Waals surface area contributed by atoms with Crippen molar-refractivity contribution >= 4 is 5.91 Å². The zero-order valence-corrected chi connectivity index (χ0v) is 14.6. The number of aryl methyl sites for hydroxylation is 4. The Morgan fingerprint density at radius 2 is 2.08 bits per heavy atom. The summed E-state index contributed by atoms with van der Waals surface area (Å²) >= 11 is 0. The van der Waals surface area contributed by atoms with E-state index in [0.717, 1.165) is 54.8 Å². The number of nitrogens with one attached hydrogen (secondary N) is 2. The molecule has 2 aromatic rings. The number of rotatable bonds is 7. The molecule has 0 saturated carbocycles. The van der Waals surface area contributed by atoms with E-state index in [9.17, 15) is 4.79 Å². The van der Waals surface area contributed by atoms with Gasteiger partial charge >= 0.3 is 0 Å². The van der Waals surface area contributed by atoms with Crippen LogP contribution in [-0.4, -0.2) is 27.8 Å². The lowest BCUT2D eigenvalue weighted by Gasteiger charge is -2.11.